The van der Waals surface area contributed by atoms with Crippen molar-refractivity contribution in [3.63, 3.8) is 0 Å². The number of nitrogens with one attached hydrogen (secondary N) is 1. The van der Waals surface area contributed by atoms with Crippen LogP contribution in [-0.2, 0) is 33.7 Å². The Bertz CT molecular complexity index is 63.3. The van der Waals surface area contributed by atoms with Gasteiger partial charge in [-0.1, -0.05) is 0 Å². The average molecular weight is 337 g/mol. The molecule has 0 aliphatic heterocycles. The van der Waals surface area contributed by atoms with E-state index in [0.29, 0.717) is 0 Å². The van der Waals surface area contributed by atoms with Gasteiger partial charge in [-0.2, -0.15) is 0 Å². The summed E-state index contributed by atoms with van der Waals surface area (Å²) in [5.74, 6) is 0. The minimum atomic E-state index is -3.11. The largest absolute Gasteiger partial charge is 1.00 e. The summed E-state index contributed by atoms with van der Waals surface area (Å²) in [5, 5.41) is 0. The van der Waals surface area contributed by atoms with Gasteiger partial charge in [0.2, 0.25) is 0 Å². The van der Waals surface area contributed by atoms with Crippen molar-refractivity contribution in [3.05, 3.63) is 0 Å². The van der Waals surface area contributed by atoms with Crippen LogP contribution in [0.15, 0.2) is 0 Å². The smallest absolute Gasteiger partial charge is 0.784 e. The number of rotatable bonds is 0. The Hall–Kier alpha value is 0.770. The summed E-state index contributed by atoms with van der Waals surface area (Å²) in [6, 6.07) is 0. The van der Waals surface area contributed by atoms with E-state index in [1.807, 2.05) is 0 Å². The molecule has 6 heteroatoms. The van der Waals surface area contributed by atoms with E-state index in [2.05, 4.69) is 21.1 Å². The van der Waals surface area contributed by atoms with Gasteiger partial charge in [0, 0.05) is 0 Å². The third-order valence-electron chi connectivity index (χ3n) is 0. The summed E-state index contributed by atoms with van der Waals surface area (Å²) in [7, 11) is 6.25. The molecule has 0 saturated carbocycles. The third-order valence-corrected chi connectivity index (χ3v) is 0. The Morgan fingerprint density at radius 1 is 1.22 bits per heavy atom. The molecule has 4 nitrogen and oxygen atoms in total. The molecule has 0 spiro atoms. The second kappa shape index (κ2) is 11.6. The predicted molar refractivity (Wildman–Crippen MR) is 28.4 cm³/mol. The molecule has 0 aromatic heterocycles. The fraction of sp³-hybridized carbons (Fsp3) is 1.00. The normalized spacial score (nSPS) is 7.89. The van der Waals surface area contributed by atoms with E-state index in [9.17, 15) is 0 Å². The van der Waals surface area contributed by atoms with Crippen molar-refractivity contribution in [2.45, 2.75) is 0 Å². The van der Waals surface area contributed by atoms with Crippen molar-refractivity contribution >= 4 is 11.4 Å². The molecular weight excluding hydrogens is 327 g/mol. The van der Waals surface area contributed by atoms with E-state index in [-0.39, 0.29) is 22.4 Å². The molecule has 0 fully saturated rings. The summed E-state index contributed by atoms with van der Waals surface area (Å²) in [4.78, 5) is 1.42. The average Bonchev–Trinajstić information content (AvgIpc) is 1.25. The second-order valence-electron chi connectivity index (χ2n) is 1.70. The van der Waals surface area contributed by atoms with Crippen molar-refractivity contribution in [1.82, 2.24) is 0 Å². The van der Waals surface area contributed by atoms with Gasteiger partial charge >= 0.3 is 22.4 Å². The van der Waals surface area contributed by atoms with Crippen LogP contribution in [0.3, 0.4) is 0 Å². The molecular formula is C3H10AuNO3S. The molecule has 0 aromatic carbocycles. The Morgan fingerprint density at radius 3 is 1.22 bits per heavy atom. The molecule has 0 radical (unpaired) electrons. The summed E-state index contributed by atoms with van der Waals surface area (Å²) in [5.41, 5.74) is 0. The van der Waals surface area contributed by atoms with Crippen molar-refractivity contribution in [2.24, 2.45) is 0 Å². The zero-order valence-electron chi connectivity index (χ0n) is 5.43. The van der Waals surface area contributed by atoms with Gasteiger partial charge < -0.3 is 14.0 Å². The molecule has 0 rings (SSSR count). The van der Waals surface area contributed by atoms with Crippen LogP contribution >= 0.6 is 0 Å². The van der Waals surface area contributed by atoms with Gasteiger partial charge in [0.1, 0.15) is 0 Å². The standard InChI is InChI=1S/C3H9N.Au.H2O3S/c1-4(2)3;;1-4(2)3/h1-3H3;;(H2,1,2,3)/q;+1;/p-1. The summed E-state index contributed by atoms with van der Waals surface area (Å²) < 4.78 is 25.3. The molecule has 0 atom stereocenters. The Labute approximate surface area is 73.2 Å². The molecule has 0 aliphatic carbocycles. The van der Waals surface area contributed by atoms with Gasteiger partial charge in [0.15, 0.2) is 0 Å². The van der Waals surface area contributed by atoms with Gasteiger partial charge in [-0.15, -0.1) is 11.4 Å². The molecule has 0 aliphatic rings. The summed E-state index contributed by atoms with van der Waals surface area (Å²) in [6.07, 6.45) is 0. The van der Waals surface area contributed by atoms with Gasteiger partial charge in [0.05, 0.1) is 21.1 Å². The maximum Gasteiger partial charge on any atom is 1.00 e. The Balaban J connectivity index is -0.0000000720. The number of quaternary nitrogens is 1. The first-order chi connectivity index (χ1) is 3.46. The van der Waals surface area contributed by atoms with Crippen molar-refractivity contribution in [3.8, 4) is 0 Å². The van der Waals surface area contributed by atoms with Crippen molar-refractivity contribution in [2.75, 3.05) is 21.1 Å². The van der Waals surface area contributed by atoms with Crippen LogP contribution < -0.4 is 4.90 Å². The first-order valence-electron chi connectivity index (χ1n) is 2.00. The number of hydrogen-bond donors (Lipinski definition) is 1. The maximum atomic E-state index is 8.44. The Kier molecular flexibility index (Phi) is 21.0. The van der Waals surface area contributed by atoms with Crippen LogP contribution in [-0.4, -0.2) is 34.5 Å². The monoisotopic (exact) mass is 337 g/mol. The van der Waals surface area contributed by atoms with Gasteiger partial charge in [-0.25, -0.2) is 0 Å². The van der Waals surface area contributed by atoms with E-state index in [0.717, 1.165) is 0 Å². The molecule has 0 bridgehead atoms. The van der Waals surface area contributed by atoms with Crippen LogP contribution in [0.25, 0.3) is 0 Å². The van der Waals surface area contributed by atoms with Gasteiger partial charge in [0.25, 0.3) is 0 Å². The van der Waals surface area contributed by atoms with Crippen LogP contribution in [0.1, 0.15) is 0 Å². The van der Waals surface area contributed by atoms with Crippen molar-refractivity contribution < 1.29 is 40.6 Å². The van der Waals surface area contributed by atoms with Crippen LogP contribution in [0.4, 0.5) is 0 Å². The van der Waals surface area contributed by atoms with Crippen LogP contribution in [0.5, 0.6) is 0 Å². The molecule has 0 aromatic rings. The number of hydrogen-bond acceptors (Lipinski definition) is 3. The fourth-order valence-electron chi connectivity index (χ4n) is 0. The molecule has 1 N–H and O–H groups in total. The zero-order chi connectivity index (χ0) is 7.15. The molecule has 62 valence electrons. The SMILES string of the molecule is C[NH+](C)C.O=S([O-])[O-].[Au+]. The van der Waals surface area contributed by atoms with Gasteiger partial charge in [-0.3, -0.25) is 4.21 Å². The summed E-state index contributed by atoms with van der Waals surface area (Å²) in [6.45, 7) is 0. The molecule has 9 heavy (non-hydrogen) atoms. The molecule has 0 heterocycles. The first-order valence-corrected chi connectivity index (χ1v) is 3.00. The Morgan fingerprint density at radius 2 is 1.22 bits per heavy atom. The predicted octanol–water partition coefficient (Wildman–Crippen LogP) is -2.25. The van der Waals surface area contributed by atoms with E-state index in [4.69, 9.17) is 13.3 Å². The van der Waals surface area contributed by atoms with E-state index >= 15 is 0 Å². The minimum Gasteiger partial charge on any atom is -0.784 e. The van der Waals surface area contributed by atoms with Crippen LogP contribution in [0.2, 0.25) is 0 Å². The quantitative estimate of drug-likeness (QED) is 0.401. The fourth-order valence-corrected chi connectivity index (χ4v) is 0. The van der Waals surface area contributed by atoms with Gasteiger partial charge in [-0.05, 0) is 0 Å². The maximum absolute atomic E-state index is 8.44. The van der Waals surface area contributed by atoms with Crippen molar-refractivity contribution in [1.29, 1.82) is 0 Å². The summed E-state index contributed by atoms with van der Waals surface area (Å²) >= 11 is -3.11. The molecule has 0 unspecified atom stereocenters. The van der Waals surface area contributed by atoms with E-state index in [1.54, 1.807) is 0 Å². The zero-order valence-corrected chi connectivity index (χ0v) is 8.42. The molecule has 0 saturated heterocycles. The first kappa shape index (κ1) is 16.4. The minimum absolute atomic E-state index is 0. The van der Waals surface area contributed by atoms with Crippen LogP contribution in [0, 0.1) is 0 Å². The topological polar surface area (TPSA) is 67.6 Å². The molecule has 0 amide bonds. The second-order valence-corrected chi connectivity index (χ2v) is 2.11. The van der Waals surface area contributed by atoms with E-state index < -0.39 is 11.4 Å². The van der Waals surface area contributed by atoms with E-state index in [1.165, 1.54) is 4.90 Å². The third kappa shape index (κ3) is 678.